The predicted octanol–water partition coefficient (Wildman–Crippen LogP) is 6.32. The Hall–Kier alpha value is -4.53. The van der Waals surface area contributed by atoms with Gasteiger partial charge in [-0.2, -0.15) is 5.26 Å². The Kier molecular flexibility index (Phi) is 24.6. The summed E-state index contributed by atoms with van der Waals surface area (Å²) in [6, 6.07) is 0.836. The number of amides is 2. The van der Waals surface area contributed by atoms with E-state index in [1.807, 2.05) is 78.0 Å². The molecular weight excluding hydrogens is 830 g/mol. The highest BCUT2D eigenvalue weighted by molar-refractivity contribution is 7.88. The van der Waals surface area contributed by atoms with E-state index in [-0.39, 0.29) is 36.1 Å². The van der Waals surface area contributed by atoms with Crippen molar-refractivity contribution in [3.8, 4) is 6.07 Å². The molecule has 5 rings (SSSR count). The number of piperazine rings is 1. The third-order valence-electron chi connectivity index (χ3n) is 10.6. The lowest BCUT2D eigenvalue weighted by atomic mass is 9.80. The van der Waals surface area contributed by atoms with Crippen molar-refractivity contribution >= 4 is 46.7 Å². The number of ether oxygens (including phenoxy) is 2. The van der Waals surface area contributed by atoms with E-state index < -0.39 is 21.7 Å². The summed E-state index contributed by atoms with van der Waals surface area (Å²) in [6.07, 6.45) is 20.0. The Morgan fingerprint density at radius 2 is 1.66 bits per heavy atom. The summed E-state index contributed by atoms with van der Waals surface area (Å²) in [5, 5.41) is 16.6. The van der Waals surface area contributed by atoms with E-state index >= 15 is 0 Å². The fourth-order valence-corrected chi connectivity index (χ4v) is 8.44. The van der Waals surface area contributed by atoms with E-state index in [4.69, 9.17) is 31.7 Å². The number of sulfonamides is 1. The van der Waals surface area contributed by atoms with Crippen molar-refractivity contribution in [1.82, 2.24) is 29.2 Å². The molecule has 4 unspecified atom stereocenters. The van der Waals surface area contributed by atoms with Gasteiger partial charge in [0.15, 0.2) is 0 Å². The molecule has 3 aliphatic carbocycles. The molecule has 0 spiro atoms. The number of hydrogen-bond acceptors (Lipinski definition) is 11. The normalized spacial score (nSPS) is 23.6. The quantitative estimate of drug-likeness (QED) is 0.167. The number of nitriles is 1. The molecule has 0 radical (unpaired) electrons. The SMILES string of the molecule is C=CN(C)C1C(=C)/C=C(/C(/C=C/N=CN(C)C)NC(=O)C2(OC)CC2)C2=CC(C=CC(Cl)=C2)C1N1CCN(C(=O)OC2CCN(S(C)(=O)=O)CC2)CC1.C=N.CC.CC.CC#N. The third kappa shape index (κ3) is 16.0. The standard InChI is InChI=1S/C38H54ClN7O6S.C2H3N.2C2H6.CH3N/c1-8-43(5)34-27(2)23-32(33(11-16-40-26-42(3)4)41-36(47)38(51-6)14-15-38)29-24-28(9-10-30(39)25-29)35(34)44-19-21-45(22-20-44)37(48)52-31-12-17-46(18-13-31)53(7,49)50;1-2-3;3*1-2/h8-11,16,23-26,28,31,33-35H,1-2,12-15,17-22H2,3-7H3,(H,41,47);1H3;2*1-2H3;2H,1H2/b16-11+,32-23+,40-26?;;;;. The van der Waals surface area contributed by atoms with Gasteiger partial charge in [-0.3, -0.25) is 9.69 Å². The van der Waals surface area contributed by atoms with Crippen LogP contribution in [0.2, 0.25) is 0 Å². The van der Waals surface area contributed by atoms with E-state index in [1.165, 1.54) is 17.5 Å². The van der Waals surface area contributed by atoms with Gasteiger partial charge in [-0.15, -0.1) is 0 Å². The van der Waals surface area contributed by atoms with Crippen LogP contribution in [0.3, 0.4) is 0 Å². The number of hydrogen-bond donors (Lipinski definition) is 2. The van der Waals surface area contributed by atoms with Crippen LogP contribution in [0.5, 0.6) is 0 Å². The molecule has 0 aromatic carbocycles. The number of halogens is 1. The first-order chi connectivity index (χ1) is 29.6. The fourth-order valence-electron chi connectivity index (χ4n) is 7.38. The number of rotatable bonds is 12. The average molecular weight is 903 g/mol. The predicted molar refractivity (Wildman–Crippen MR) is 253 cm³/mol. The highest BCUT2D eigenvalue weighted by Crippen LogP contribution is 2.40. The number of likely N-dealkylation sites (N-methyl/N-ethyl adjacent to an activating group) is 1. The Bertz CT molecular complexity index is 1820. The van der Waals surface area contributed by atoms with Gasteiger partial charge >= 0.3 is 6.09 Å². The lowest BCUT2D eigenvalue weighted by Crippen LogP contribution is -2.59. The van der Waals surface area contributed by atoms with Crippen molar-refractivity contribution in [2.45, 2.75) is 90.1 Å². The van der Waals surface area contributed by atoms with Gasteiger partial charge < -0.3 is 34.9 Å². The van der Waals surface area contributed by atoms with Crippen molar-refractivity contribution in [3.05, 3.63) is 83.8 Å². The molecule has 0 aromatic heterocycles. The highest BCUT2D eigenvalue weighted by atomic mass is 35.5. The van der Waals surface area contributed by atoms with Gasteiger partial charge in [0.1, 0.15) is 11.7 Å². The van der Waals surface area contributed by atoms with Crippen LogP contribution in [-0.4, -0.2) is 161 Å². The molecule has 15 nitrogen and oxygen atoms in total. The molecule has 0 aromatic rings. The fraction of sp³-hybridized carbons (Fsp3) is 0.578. The molecule has 17 heteroatoms. The van der Waals surface area contributed by atoms with Gasteiger partial charge in [0.05, 0.1) is 30.7 Å². The summed E-state index contributed by atoms with van der Waals surface area (Å²) in [5.41, 5.74) is 1.65. The molecule has 3 fully saturated rings. The maximum absolute atomic E-state index is 13.6. The van der Waals surface area contributed by atoms with Crippen molar-refractivity contribution in [2.24, 2.45) is 10.9 Å². The number of carbonyl (C=O) groups is 2. The first-order valence-corrected chi connectivity index (χ1v) is 23.4. The van der Waals surface area contributed by atoms with Crippen LogP contribution in [0.4, 0.5) is 4.79 Å². The topological polar surface area (TPSA) is 175 Å². The molecule has 2 bridgehead atoms. The number of piperidine rings is 1. The number of allylic oxidation sites excluding steroid dienone is 3. The number of nitrogens with zero attached hydrogens (tertiary/aromatic N) is 7. The monoisotopic (exact) mass is 902 g/mol. The van der Waals surface area contributed by atoms with Crippen LogP contribution in [0.1, 0.15) is 60.3 Å². The number of fused-ring (bicyclic) bond motifs is 1. The number of carbonyl (C=O) groups excluding carboxylic acids is 2. The zero-order chi connectivity index (χ0) is 47.2. The van der Waals surface area contributed by atoms with Crippen LogP contribution >= 0.6 is 11.6 Å². The van der Waals surface area contributed by atoms with E-state index in [9.17, 15) is 18.0 Å². The summed E-state index contributed by atoms with van der Waals surface area (Å²) in [4.78, 5) is 39.2. The molecule has 62 heavy (non-hydrogen) atoms. The van der Waals surface area contributed by atoms with Crippen LogP contribution in [0.25, 0.3) is 0 Å². The maximum atomic E-state index is 13.6. The Balaban J connectivity index is 0.00000199. The minimum atomic E-state index is -3.26. The first-order valence-electron chi connectivity index (χ1n) is 21.1. The molecule has 2 heterocycles. The minimum Gasteiger partial charge on any atom is -0.446 e. The van der Waals surface area contributed by atoms with Gasteiger partial charge in [-0.1, -0.05) is 70.7 Å². The van der Waals surface area contributed by atoms with Crippen LogP contribution in [-0.2, 0) is 24.3 Å². The van der Waals surface area contributed by atoms with Gasteiger partial charge in [0.25, 0.3) is 5.91 Å². The molecule has 2 aliphatic heterocycles. The molecule has 2 saturated heterocycles. The average Bonchev–Trinajstić information content (AvgIpc) is 4.10. The number of methoxy groups -OCH3 is 1. The Labute approximate surface area is 377 Å². The summed E-state index contributed by atoms with van der Waals surface area (Å²) in [7, 11) is 4.05. The second kappa shape index (κ2) is 27.5. The second-order valence-electron chi connectivity index (χ2n) is 14.8. The molecular formula is C45H72ClN9O6S. The zero-order valence-electron chi connectivity index (χ0n) is 38.6. The summed E-state index contributed by atoms with van der Waals surface area (Å²) in [5.74, 6) is -0.322. The zero-order valence-corrected chi connectivity index (χ0v) is 40.2. The number of aliphatic imine (C=N–C) groups is 1. The Morgan fingerprint density at radius 1 is 1.08 bits per heavy atom. The summed E-state index contributed by atoms with van der Waals surface area (Å²) >= 11 is 6.80. The lowest BCUT2D eigenvalue weighted by molar-refractivity contribution is -0.133. The number of nitrogens with one attached hydrogen (secondary N) is 2. The van der Waals surface area contributed by atoms with Gasteiger partial charge in [0.2, 0.25) is 10.0 Å². The van der Waals surface area contributed by atoms with E-state index in [2.05, 4.69) is 52.1 Å². The van der Waals surface area contributed by atoms with Crippen LogP contribution in [0, 0.1) is 22.7 Å². The van der Waals surface area contributed by atoms with Crippen LogP contribution in [0.15, 0.2) is 88.8 Å². The van der Waals surface area contributed by atoms with Crippen molar-refractivity contribution in [3.63, 3.8) is 0 Å². The molecule has 1 saturated carbocycles. The third-order valence-corrected chi connectivity index (χ3v) is 12.1. The van der Waals surface area contributed by atoms with Crippen molar-refractivity contribution in [2.75, 3.05) is 73.8 Å². The largest absolute Gasteiger partial charge is 0.446 e. The van der Waals surface area contributed by atoms with Crippen molar-refractivity contribution < 1.29 is 27.5 Å². The first kappa shape index (κ1) is 55.5. The molecule has 4 atom stereocenters. The Morgan fingerprint density at radius 3 is 2.16 bits per heavy atom. The smallest absolute Gasteiger partial charge is 0.410 e. The summed E-state index contributed by atoms with van der Waals surface area (Å²) in [6.45, 7) is 23.4. The summed E-state index contributed by atoms with van der Waals surface area (Å²) < 4.78 is 36.7. The van der Waals surface area contributed by atoms with Crippen molar-refractivity contribution in [1.29, 1.82) is 10.7 Å². The van der Waals surface area contributed by atoms with E-state index in [1.54, 1.807) is 36.8 Å². The van der Waals surface area contributed by atoms with Gasteiger partial charge in [-0.05, 0) is 73.5 Å². The second-order valence-corrected chi connectivity index (χ2v) is 17.2. The maximum Gasteiger partial charge on any atom is 0.410 e. The lowest BCUT2D eigenvalue weighted by Gasteiger charge is -2.47. The minimum absolute atomic E-state index is 0.111. The molecule has 5 aliphatic rings. The molecule has 346 valence electrons. The van der Waals surface area contributed by atoms with E-state index in [0.717, 1.165) is 16.7 Å². The van der Waals surface area contributed by atoms with Gasteiger partial charge in [0, 0.05) is 97.6 Å². The van der Waals surface area contributed by atoms with Gasteiger partial charge in [-0.25, -0.2) is 22.5 Å². The van der Waals surface area contributed by atoms with Crippen LogP contribution < -0.4 is 5.32 Å². The van der Waals surface area contributed by atoms with E-state index in [0.29, 0.717) is 70.0 Å². The highest BCUT2D eigenvalue weighted by Gasteiger charge is 2.51. The molecule has 2 amide bonds. The molecule has 2 N–H and O–H groups in total.